The summed E-state index contributed by atoms with van der Waals surface area (Å²) in [5, 5.41) is 0. The Morgan fingerprint density at radius 1 is 1.21 bits per heavy atom. The Kier molecular flexibility index (Phi) is 4.10. The fraction of sp³-hybridized carbons (Fsp3) is 0.545. The van der Waals surface area contributed by atoms with Crippen LogP contribution in [0.4, 0.5) is 0 Å². The number of carbonyl (C=O) groups is 2. The third kappa shape index (κ3) is 2.62. The fourth-order valence-electron chi connectivity index (χ4n) is 5.11. The number of fused-ring (bicyclic) bond motifs is 1. The lowest BCUT2D eigenvalue weighted by Crippen LogP contribution is -2.49. The van der Waals surface area contributed by atoms with Crippen LogP contribution in [0, 0.1) is 25.7 Å². The van der Waals surface area contributed by atoms with Crippen LogP contribution in [-0.4, -0.2) is 66.2 Å². The van der Waals surface area contributed by atoms with Crippen LogP contribution in [-0.2, 0) is 25.6 Å². The number of benzene rings is 1. The van der Waals surface area contributed by atoms with Gasteiger partial charge in [0.15, 0.2) is 0 Å². The molecule has 0 radical (unpaired) electrons. The number of ether oxygens (including phenoxy) is 2. The van der Waals surface area contributed by atoms with Crippen LogP contribution in [0.5, 0.6) is 0 Å². The van der Waals surface area contributed by atoms with Crippen LogP contribution >= 0.6 is 0 Å². The van der Waals surface area contributed by atoms with Gasteiger partial charge in [-0.25, -0.2) is 0 Å². The smallest absolute Gasteiger partial charge is 0.230 e. The van der Waals surface area contributed by atoms with E-state index in [0.717, 1.165) is 5.56 Å². The average molecular weight is 382 g/mol. The Morgan fingerprint density at radius 3 is 2.75 bits per heavy atom. The molecule has 0 unspecified atom stereocenters. The summed E-state index contributed by atoms with van der Waals surface area (Å²) in [5.41, 5.74) is 2.93. The van der Waals surface area contributed by atoms with E-state index in [1.54, 1.807) is 0 Å². The number of morpholine rings is 1. The van der Waals surface area contributed by atoms with E-state index in [9.17, 15) is 9.59 Å². The lowest BCUT2D eigenvalue weighted by Gasteiger charge is -2.32. The van der Waals surface area contributed by atoms with Gasteiger partial charge in [-0.2, -0.15) is 0 Å². The van der Waals surface area contributed by atoms with Gasteiger partial charge in [0, 0.05) is 19.6 Å². The van der Waals surface area contributed by atoms with Crippen LogP contribution in [0.1, 0.15) is 16.7 Å². The van der Waals surface area contributed by atoms with Crippen LogP contribution < -0.4 is 0 Å². The van der Waals surface area contributed by atoms with Crippen LogP contribution in [0.2, 0.25) is 0 Å². The molecule has 4 aliphatic heterocycles. The van der Waals surface area contributed by atoms with Crippen LogP contribution in [0.3, 0.4) is 0 Å². The molecule has 6 heteroatoms. The molecule has 4 heterocycles. The zero-order chi connectivity index (χ0) is 19.5. The minimum Gasteiger partial charge on any atom is -0.378 e. The zero-order valence-electron chi connectivity index (χ0n) is 16.4. The molecule has 3 saturated heterocycles. The van der Waals surface area contributed by atoms with Gasteiger partial charge >= 0.3 is 0 Å². The molecule has 28 heavy (non-hydrogen) atoms. The molecule has 4 atom stereocenters. The van der Waals surface area contributed by atoms with Crippen molar-refractivity contribution in [3.63, 3.8) is 0 Å². The molecule has 6 nitrogen and oxygen atoms in total. The van der Waals surface area contributed by atoms with E-state index in [4.69, 9.17) is 9.47 Å². The van der Waals surface area contributed by atoms with Crippen molar-refractivity contribution in [2.75, 3.05) is 32.8 Å². The molecule has 1 aromatic carbocycles. The molecule has 5 rings (SSSR count). The number of hydrogen-bond acceptors (Lipinski definition) is 4. The molecule has 4 aliphatic rings. The number of aryl methyl sites for hydroxylation is 2. The number of amides is 2. The van der Waals surface area contributed by atoms with E-state index >= 15 is 0 Å². The van der Waals surface area contributed by atoms with Crippen molar-refractivity contribution in [1.29, 1.82) is 0 Å². The van der Waals surface area contributed by atoms with Gasteiger partial charge < -0.3 is 19.3 Å². The van der Waals surface area contributed by atoms with E-state index in [1.807, 2.05) is 22.0 Å². The first-order valence-electron chi connectivity index (χ1n) is 10.1. The Morgan fingerprint density at radius 2 is 2.00 bits per heavy atom. The predicted octanol–water partition coefficient (Wildman–Crippen LogP) is 1.44. The van der Waals surface area contributed by atoms with Crippen molar-refractivity contribution >= 4 is 11.8 Å². The van der Waals surface area contributed by atoms with Gasteiger partial charge in [-0.3, -0.25) is 9.59 Å². The number of nitrogens with zero attached hydrogens (tertiary/aromatic N) is 2. The maximum Gasteiger partial charge on any atom is 0.230 e. The number of hydrogen-bond donors (Lipinski definition) is 0. The Hall–Kier alpha value is -2.18. The lowest BCUT2D eigenvalue weighted by atomic mass is 9.76. The van der Waals surface area contributed by atoms with Crippen molar-refractivity contribution in [1.82, 2.24) is 9.80 Å². The van der Waals surface area contributed by atoms with E-state index in [2.05, 4.69) is 32.0 Å². The first kappa shape index (κ1) is 17.9. The largest absolute Gasteiger partial charge is 0.378 e. The maximum atomic E-state index is 13.3. The van der Waals surface area contributed by atoms with Gasteiger partial charge in [0.2, 0.25) is 11.8 Å². The molecule has 0 N–H and O–H groups in total. The second-order valence-corrected chi connectivity index (χ2v) is 8.45. The van der Waals surface area contributed by atoms with E-state index < -0.39 is 17.4 Å². The molecule has 3 fully saturated rings. The lowest BCUT2D eigenvalue weighted by molar-refractivity contribution is -0.146. The van der Waals surface area contributed by atoms with Crippen molar-refractivity contribution < 1.29 is 19.1 Å². The minimum absolute atomic E-state index is 0.0332. The molecule has 2 bridgehead atoms. The fourth-order valence-corrected chi connectivity index (χ4v) is 5.11. The SMILES string of the molecule is Cc1ccc(CN2C[C@]34C=C[C@H](O3)[C@H](C(=O)N3CCOCC3)[C@@H]4C2=O)cc1C. The third-order valence-corrected chi connectivity index (χ3v) is 6.73. The topological polar surface area (TPSA) is 59.1 Å². The molecule has 1 aromatic rings. The number of rotatable bonds is 3. The van der Waals surface area contributed by atoms with Gasteiger partial charge in [0.1, 0.15) is 5.60 Å². The van der Waals surface area contributed by atoms with Crippen LogP contribution in [0.15, 0.2) is 30.4 Å². The summed E-state index contributed by atoms with van der Waals surface area (Å²) in [6.07, 6.45) is 3.71. The van der Waals surface area contributed by atoms with E-state index in [0.29, 0.717) is 39.4 Å². The predicted molar refractivity (Wildman–Crippen MR) is 102 cm³/mol. The summed E-state index contributed by atoms with van der Waals surface area (Å²) in [6.45, 7) is 7.54. The molecule has 2 amide bonds. The summed E-state index contributed by atoms with van der Waals surface area (Å²) < 4.78 is 11.6. The summed E-state index contributed by atoms with van der Waals surface area (Å²) in [7, 11) is 0. The minimum atomic E-state index is -0.645. The van der Waals surface area contributed by atoms with Gasteiger partial charge in [0.25, 0.3) is 0 Å². The quantitative estimate of drug-likeness (QED) is 0.743. The molecular formula is C22H26N2O4. The number of carbonyl (C=O) groups excluding carboxylic acids is 2. The molecule has 0 saturated carbocycles. The van der Waals surface area contributed by atoms with Crippen LogP contribution in [0.25, 0.3) is 0 Å². The second kappa shape index (κ2) is 6.42. The second-order valence-electron chi connectivity index (χ2n) is 8.45. The normalized spacial score (nSPS) is 33.6. The summed E-state index contributed by atoms with van der Waals surface area (Å²) in [5.74, 6) is -0.757. The molecule has 148 valence electrons. The maximum absolute atomic E-state index is 13.3. The Labute approximate surface area is 165 Å². The summed E-state index contributed by atoms with van der Waals surface area (Å²) in [6, 6.07) is 6.31. The van der Waals surface area contributed by atoms with Gasteiger partial charge in [-0.1, -0.05) is 30.4 Å². The Bertz CT molecular complexity index is 860. The van der Waals surface area contributed by atoms with Crippen molar-refractivity contribution in [3.8, 4) is 0 Å². The summed E-state index contributed by atoms with van der Waals surface area (Å²) >= 11 is 0. The van der Waals surface area contributed by atoms with Gasteiger partial charge in [0.05, 0.1) is 37.7 Å². The van der Waals surface area contributed by atoms with Crippen molar-refractivity contribution in [3.05, 3.63) is 47.0 Å². The highest BCUT2D eigenvalue weighted by Crippen LogP contribution is 2.52. The zero-order valence-corrected chi connectivity index (χ0v) is 16.4. The molecule has 0 aliphatic carbocycles. The van der Waals surface area contributed by atoms with Crippen molar-refractivity contribution in [2.24, 2.45) is 11.8 Å². The third-order valence-electron chi connectivity index (χ3n) is 6.73. The van der Waals surface area contributed by atoms with E-state index in [1.165, 1.54) is 11.1 Å². The molecule has 1 spiro atoms. The Balaban J connectivity index is 1.39. The van der Waals surface area contributed by atoms with Crippen molar-refractivity contribution in [2.45, 2.75) is 32.1 Å². The van der Waals surface area contributed by atoms with Gasteiger partial charge in [-0.05, 0) is 30.5 Å². The molecular weight excluding hydrogens is 356 g/mol. The highest BCUT2D eigenvalue weighted by molar-refractivity contribution is 5.93. The molecule has 0 aromatic heterocycles. The highest BCUT2D eigenvalue weighted by Gasteiger charge is 2.67. The first-order chi connectivity index (χ1) is 13.5. The first-order valence-corrected chi connectivity index (χ1v) is 10.1. The van der Waals surface area contributed by atoms with Gasteiger partial charge in [-0.15, -0.1) is 0 Å². The average Bonchev–Trinajstić information content (AvgIpc) is 3.33. The summed E-state index contributed by atoms with van der Waals surface area (Å²) in [4.78, 5) is 30.2. The van der Waals surface area contributed by atoms with E-state index in [-0.39, 0.29) is 17.9 Å². The monoisotopic (exact) mass is 382 g/mol. The standard InChI is InChI=1S/C22H26N2O4/c1-14-3-4-16(11-15(14)2)12-24-13-22-6-5-17(28-22)18(19(22)21(24)26)20(25)23-7-9-27-10-8-23/h3-6,11,17-19H,7-10,12-13H2,1-2H3/t17-,18-,19+,22-/m0/s1. The number of likely N-dealkylation sites (tertiary alicyclic amines) is 1. The highest BCUT2D eigenvalue weighted by atomic mass is 16.5.